The van der Waals surface area contributed by atoms with E-state index in [1.165, 1.54) is 0 Å². The summed E-state index contributed by atoms with van der Waals surface area (Å²) in [6, 6.07) is 9.71. The zero-order valence-electron chi connectivity index (χ0n) is 10.6. The van der Waals surface area contributed by atoms with E-state index in [1.54, 1.807) is 4.68 Å². The van der Waals surface area contributed by atoms with E-state index in [1.807, 2.05) is 36.5 Å². The highest BCUT2D eigenvalue weighted by Crippen LogP contribution is 2.35. The van der Waals surface area contributed by atoms with Crippen LogP contribution in [0, 0.1) is 0 Å². The Labute approximate surface area is 124 Å². The van der Waals surface area contributed by atoms with E-state index in [0.717, 1.165) is 28.1 Å². The number of hydrogen-bond donors (Lipinski definition) is 0. The SMILES string of the molecule is C=Nn1cccc(-c2ccc3c(c2)OCO3)c1=NCBr. The minimum Gasteiger partial charge on any atom is -0.454 e. The molecule has 1 aliphatic rings. The Kier molecular flexibility index (Phi) is 3.56. The molecule has 0 spiro atoms. The zero-order valence-corrected chi connectivity index (χ0v) is 12.2. The summed E-state index contributed by atoms with van der Waals surface area (Å²) >= 11 is 3.32. The summed E-state index contributed by atoms with van der Waals surface area (Å²) in [5, 5.41) is 3.94. The van der Waals surface area contributed by atoms with Crippen molar-refractivity contribution in [2.75, 3.05) is 12.2 Å². The molecule has 0 fully saturated rings. The molecule has 0 N–H and O–H groups in total. The van der Waals surface area contributed by atoms with Crippen molar-refractivity contribution in [1.82, 2.24) is 4.68 Å². The van der Waals surface area contributed by atoms with E-state index in [-0.39, 0.29) is 6.79 Å². The number of benzene rings is 1. The number of aromatic nitrogens is 1. The fourth-order valence-electron chi connectivity index (χ4n) is 2.11. The van der Waals surface area contributed by atoms with Crippen LogP contribution in [0.5, 0.6) is 11.5 Å². The van der Waals surface area contributed by atoms with Crippen molar-refractivity contribution in [2.24, 2.45) is 10.1 Å². The molecule has 6 heteroatoms. The molecule has 1 aromatic heterocycles. The molecule has 20 heavy (non-hydrogen) atoms. The number of fused-ring (bicyclic) bond motifs is 1. The second-order valence-corrected chi connectivity index (χ2v) is 4.58. The lowest BCUT2D eigenvalue weighted by atomic mass is 10.1. The molecule has 0 radical (unpaired) electrons. The average Bonchev–Trinajstić information content (AvgIpc) is 2.95. The van der Waals surface area contributed by atoms with Gasteiger partial charge in [-0.1, -0.05) is 22.0 Å². The van der Waals surface area contributed by atoms with Gasteiger partial charge in [-0.15, -0.1) is 0 Å². The number of pyridine rings is 1. The Morgan fingerprint density at radius 3 is 2.90 bits per heavy atom. The maximum atomic E-state index is 5.41. The van der Waals surface area contributed by atoms with Crippen molar-refractivity contribution >= 4 is 22.6 Å². The number of nitrogens with zero attached hydrogens (tertiary/aromatic N) is 3. The molecule has 0 saturated carbocycles. The number of halogens is 1. The van der Waals surface area contributed by atoms with Gasteiger partial charge in [-0.05, 0) is 29.8 Å². The standard InChI is InChI=1S/C14H12BrN3O2/c1-16-18-6-2-3-11(14(18)17-8-15)10-4-5-12-13(7-10)20-9-19-12/h2-7H,1,8-9H2. The van der Waals surface area contributed by atoms with Crippen LogP contribution in [0.2, 0.25) is 0 Å². The first kappa shape index (κ1) is 12.9. The number of rotatable bonds is 3. The normalized spacial score (nSPS) is 13.6. The van der Waals surface area contributed by atoms with Crippen molar-refractivity contribution in [3.8, 4) is 22.6 Å². The summed E-state index contributed by atoms with van der Waals surface area (Å²) in [4.78, 5) is 4.42. The minimum atomic E-state index is 0.264. The molecule has 0 saturated heterocycles. The lowest BCUT2D eigenvalue weighted by Crippen LogP contribution is -2.19. The van der Waals surface area contributed by atoms with Crippen molar-refractivity contribution < 1.29 is 9.47 Å². The van der Waals surface area contributed by atoms with Gasteiger partial charge in [0.05, 0.1) is 5.45 Å². The molecule has 102 valence electrons. The average molecular weight is 334 g/mol. The van der Waals surface area contributed by atoms with Gasteiger partial charge in [0.15, 0.2) is 17.0 Å². The summed E-state index contributed by atoms with van der Waals surface area (Å²) in [5.41, 5.74) is 3.17. The van der Waals surface area contributed by atoms with E-state index >= 15 is 0 Å². The first-order chi connectivity index (χ1) is 9.83. The smallest absolute Gasteiger partial charge is 0.231 e. The maximum absolute atomic E-state index is 5.41. The van der Waals surface area contributed by atoms with Gasteiger partial charge in [-0.3, -0.25) is 4.99 Å². The highest BCUT2D eigenvalue weighted by molar-refractivity contribution is 9.09. The van der Waals surface area contributed by atoms with E-state index in [9.17, 15) is 0 Å². The van der Waals surface area contributed by atoms with Crippen LogP contribution in [0.15, 0.2) is 46.6 Å². The molecule has 1 aliphatic heterocycles. The predicted octanol–water partition coefficient (Wildman–Crippen LogP) is 2.60. The quantitative estimate of drug-likeness (QED) is 0.492. The number of ether oxygens (including phenoxy) is 2. The molecule has 0 amide bonds. The summed E-state index contributed by atoms with van der Waals surface area (Å²) < 4.78 is 12.4. The summed E-state index contributed by atoms with van der Waals surface area (Å²) in [7, 11) is 0. The van der Waals surface area contributed by atoms with Gasteiger partial charge in [-0.2, -0.15) is 5.10 Å². The topological polar surface area (TPSA) is 48.1 Å². The van der Waals surface area contributed by atoms with Crippen LogP contribution in [0.4, 0.5) is 0 Å². The van der Waals surface area contributed by atoms with Gasteiger partial charge in [0.25, 0.3) is 0 Å². The Balaban J connectivity index is 2.19. The Hall–Kier alpha value is -2.08. The van der Waals surface area contributed by atoms with Crippen LogP contribution < -0.4 is 15.0 Å². The molecular formula is C14H12BrN3O2. The van der Waals surface area contributed by atoms with E-state index in [4.69, 9.17) is 9.47 Å². The molecule has 0 atom stereocenters. The Morgan fingerprint density at radius 2 is 2.10 bits per heavy atom. The third-order valence-electron chi connectivity index (χ3n) is 2.99. The fourth-order valence-corrected chi connectivity index (χ4v) is 2.34. The van der Waals surface area contributed by atoms with Gasteiger partial charge in [0.1, 0.15) is 0 Å². The van der Waals surface area contributed by atoms with Crippen LogP contribution in [-0.4, -0.2) is 23.6 Å². The molecule has 2 heterocycles. The number of hydrogen-bond acceptors (Lipinski definition) is 4. The summed E-state index contributed by atoms with van der Waals surface area (Å²) in [6.45, 7) is 3.82. The highest BCUT2D eigenvalue weighted by atomic mass is 79.9. The lowest BCUT2D eigenvalue weighted by Gasteiger charge is -2.07. The van der Waals surface area contributed by atoms with E-state index < -0.39 is 0 Å². The van der Waals surface area contributed by atoms with Crippen molar-refractivity contribution in [3.05, 3.63) is 42.0 Å². The molecule has 3 rings (SSSR count). The van der Waals surface area contributed by atoms with Gasteiger partial charge in [0, 0.05) is 18.5 Å². The van der Waals surface area contributed by atoms with E-state index in [2.05, 4.69) is 32.7 Å². The molecule has 0 unspecified atom stereocenters. The number of alkyl halides is 1. The van der Waals surface area contributed by atoms with Crippen molar-refractivity contribution in [3.63, 3.8) is 0 Å². The fraction of sp³-hybridized carbons (Fsp3) is 0.143. The van der Waals surface area contributed by atoms with Crippen molar-refractivity contribution in [1.29, 1.82) is 0 Å². The minimum absolute atomic E-state index is 0.264. The molecule has 5 nitrogen and oxygen atoms in total. The Bertz CT molecular complexity index is 725. The molecular weight excluding hydrogens is 322 g/mol. The van der Waals surface area contributed by atoms with Gasteiger partial charge in [0.2, 0.25) is 6.79 Å². The van der Waals surface area contributed by atoms with E-state index in [0.29, 0.717) is 5.45 Å². The molecule has 0 bridgehead atoms. The van der Waals surface area contributed by atoms with Gasteiger partial charge >= 0.3 is 0 Å². The van der Waals surface area contributed by atoms with Crippen LogP contribution in [0.3, 0.4) is 0 Å². The van der Waals surface area contributed by atoms with Crippen LogP contribution in [-0.2, 0) is 0 Å². The van der Waals surface area contributed by atoms with Crippen LogP contribution >= 0.6 is 15.9 Å². The summed E-state index contributed by atoms with van der Waals surface area (Å²) in [6.07, 6.45) is 1.81. The molecule has 0 aliphatic carbocycles. The monoisotopic (exact) mass is 333 g/mol. The first-order valence-corrected chi connectivity index (χ1v) is 7.11. The molecule has 2 aromatic rings. The summed E-state index contributed by atoms with van der Waals surface area (Å²) in [5.74, 6) is 1.51. The van der Waals surface area contributed by atoms with Gasteiger partial charge < -0.3 is 9.47 Å². The van der Waals surface area contributed by atoms with Crippen LogP contribution in [0.25, 0.3) is 11.1 Å². The lowest BCUT2D eigenvalue weighted by molar-refractivity contribution is 0.174. The zero-order chi connectivity index (χ0) is 13.9. The third-order valence-corrected chi connectivity index (χ3v) is 3.24. The molecule has 1 aromatic carbocycles. The second-order valence-electron chi connectivity index (χ2n) is 4.08. The Morgan fingerprint density at radius 1 is 1.25 bits per heavy atom. The van der Waals surface area contributed by atoms with Crippen LogP contribution in [0.1, 0.15) is 0 Å². The van der Waals surface area contributed by atoms with Gasteiger partial charge in [-0.25, -0.2) is 4.68 Å². The predicted molar refractivity (Wildman–Crippen MR) is 80.3 cm³/mol. The van der Waals surface area contributed by atoms with Crippen molar-refractivity contribution in [2.45, 2.75) is 0 Å². The maximum Gasteiger partial charge on any atom is 0.231 e. The first-order valence-electron chi connectivity index (χ1n) is 5.98. The largest absolute Gasteiger partial charge is 0.454 e. The third kappa shape index (κ3) is 2.22. The highest BCUT2D eigenvalue weighted by Gasteiger charge is 2.14. The second kappa shape index (κ2) is 5.50.